The van der Waals surface area contributed by atoms with E-state index in [9.17, 15) is 8.78 Å². The van der Waals surface area contributed by atoms with Crippen LogP contribution in [0, 0.1) is 23.5 Å². The fraction of sp³-hybridized carbons (Fsp3) is 0.600. The van der Waals surface area contributed by atoms with E-state index in [0.29, 0.717) is 17.9 Å². The smallest absolute Gasteiger partial charge is 0.129 e. The molecule has 1 N–H and O–H groups in total. The van der Waals surface area contributed by atoms with Crippen molar-refractivity contribution < 1.29 is 8.78 Å². The molecule has 3 heteroatoms. The van der Waals surface area contributed by atoms with Crippen molar-refractivity contribution in [2.75, 3.05) is 6.54 Å². The Labute approximate surface area is 108 Å². The number of hydrogen-bond donors (Lipinski definition) is 1. The zero-order chi connectivity index (χ0) is 13.1. The predicted octanol–water partition coefficient (Wildman–Crippen LogP) is 3.53. The summed E-state index contributed by atoms with van der Waals surface area (Å²) in [6, 6.07) is 4.15. The number of benzene rings is 1. The molecule has 18 heavy (non-hydrogen) atoms. The number of likely N-dealkylation sites (N-methyl/N-ethyl adjacent to an activating group) is 1. The minimum absolute atomic E-state index is 0.280. The van der Waals surface area contributed by atoms with E-state index in [0.717, 1.165) is 18.5 Å². The Bertz CT molecular complexity index is 401. The molecule has 2 rings (SSSR count). The van der Waals surface area contributed by atoms with Crippen molar-refractivity contribution >= 4 is 0 Å². The first-order valence-electron chi connectivity index (χ1n) is 6.79. The molecule has 1 aliphatic rings. The Kier molecular flexibility index (Phi) is 4.33. The molecule has 1 fully saturated rings. The van der Waals surface area contributed by atoms with Crippen LogP contribution in [0.4, 0.5) is 8.78 Å². The molecule has 0 heterocycles. The largest absolute Gasteiger partial charge is 0.314 e. The molecule has 0 aliphatic heterocycles. The molecule has 0 spiro atoms. The van der Waals surface area contributed by atoms with E-state index in [2.05, 4.69) is 19.2 Å². The van der Waals surface area contributed by atoms with Crippen LogP contribution < -0.4 is 5.32 Å². The maximum Gasteiger partial charge on any atom is 0.129 e. The summed E-state index contributed by atoms with van der Waals surface area (Å²) in [6.07, 6.45) is 3.21. The highest BCUT2D eigenvalue weighted by atomic mass is 19.1. The van der Waals surface area contributed by atoms with Crippen LogP contribution in [0.3, 0.4) is 0 Å². The Morgan fingerprint density at radius 2 is 2.06 bits per heavy atom. The zero-order valence-electron chi connectivity index (χ0n) is 11.0. The number of rotatable bonds is 6. The van der Waals surface area contributed by atoms with Crippen molar-refractivity contribution in [2.24, 2.45) is 11.8 Å². The van der Waals surface area contributed by atoms with Crippen molar-refractivity contribution in [3.63, 3.8) is 0 Å². The second-order valence-electron chi connectivity index (χ2n) is 5.30. The molecule has 1 aromatic rings. The maximum absolute atomic E-state index is 13.7. The van der Waals surface area contributed by atoms with Gasteiger partial charge in [0.2, 0.25) is 0 Å². The van der Waals surface area contributed by atoms with Crippen LogP contribution >= 0.6 is 0 Å². The van der Waals surface area contributed by atoms with Gasteiger partial charge in [0.15, 0.2) is 0 Å². The third-order valence-corrected chi connectivity index (χ3v) is 3.92. The summed E-state index contributed by atoms with van der Waals surface area (Å²) in [7, 11) is 0. The highest BCUT2D eigenvalue weighted by molar-refractivity contribution is 5.20. The Balaban J connectivity index is 2.07. The SMILES string of the molecule is CCNC(Cc1ccc(F)cc1F)C(C)C1CC1. The normalized spacial score (nSPS) is 18.7. The molecule has 0 aromatic heterocycles. The lowest BCUT2D eigenvalue weighted by Crippen LogP contribution is -2.38. The fourth-order valence-corrected chi connectivity index (χ4v) is 2.58. The third kappa shape index (κ3) is 3.29. The molecular weight excluding hydrogens is 232 g/mol. The summed E-state index contributed by atoms with van der Waals surface area (Å²) in [6.45, 7) is 5.17. The molecule has 0 radical (unpaired) electrons. The molecule has 1 aromatic carbocycles. The van der Waals surface area contributed by atoms with E-state index in [-0.39, 0.29) is 6.04 Å². The average Bonchev–Trinajstić information content (AvgIpc) is 3.15. The van der Waals surface area contributed by atoms with Gasteiger partial charge in [-0.3, -0.25) is 0 Å². The topological polar surface area (TPSA) is 12.0 Å². The molecule has 100 valence electrons. The van der Waals surface area contributed by atoms with Crippen molar-refractivity contribution in [3.05, 3.63) is 35.4 Å². The van der Waals surface area contributed by atoms with Crippen molar-refractivity contribution in [2.45, 2.75) is 39.2 Å². The highest BCUT2D eigenvalue weighted by Gasteiger charge is 2.33. The van der Waals surface area contributed by atoms with E-state index in [4.69, 9.17) is 0 Å². The van der Waals surface area contributed by atoms with Gasteiger partial charge in [-0.15, -0.1) is 0 Å². The van der Waals surface area contributed by atoms with Gasteiger partial charge in [-0.05, 0) is 49.3 Å². The first-order valence-corrected chi connectivity index (χ1v) is 6.79. The number of halogens is 2. The van der Waals surface area contributed by atoms with Crippen LogP contribution in [0.2, 0.25) is 0 Å². The molecule has 2 unspecified atom stereocenters. The molecule has 0 bridgehead atoms. The minimum Gasteiger partial charge on any atom is -0.314 e. The third-order valence-electron chi connectivity index (χ3n) is 3.92. The van der Waals surface area contributed by atoms with E-state index in [1.165, 1.54) is 18.9 Å². The van der Waals surface area contributed by atoms with Gasteiger partial charge in [0.25, 0.3) is 0 Å². The van der Waals surface area contributed by atoms with Gasteiger partial charge in [0.1, 0.15) is 11.6 Å². The van der Waals surface area contributed by atoms with Gasteiger partial charge in [0.05, 0.1) is 0 Å². The molecule has 0 amide bonds. The van der Waals surface area contributed by atoms with E-state index in [1.54, 1.807) is 6.07 Å². The van der Waals surface area contributed by atoms with Gasteiger partial charge < -0.3 is 5.32 Å². The standard InChI is InChI=1S/C15H21F2N/c1-3-18-15(10(2)11-4-5-11)8-12-6-7-13(16)9-14(12)17/h6-7,9-11,15,18H,3-5,8H2,1-2H3. The maximum atomic E-state index is 13.7. The van der Waals surface area contributed by atoms with Crippen LogP contribution in [0.5, 0.6) is 0 Å². The van der Waals surface area contributed by atoms with Crippen molar-refractivity contribution in [1.29, 1.82) is 0 Å². The summed E-state index contributed by atoms with van der Waals surface area (Å²) in [5, 5.41) is 3.43. The fourth-order valence-electron chi connectivity index (χ4n) is 2.58. The molecule has 1 nitrogen and oxygen atoms in total. The van der Waals surface area contributed by atoms with Crippen LogP contribution in [-0.2, 0) is 6.42 Å². The van der Waals surface area contributed by atoms with E-state index in [1.807, 2.05) is 0 Å². The average molecular weight is 253 g/mol. The molecule has 2 atom stereocenters. The molecule has 1 aliphatic carbocycles. The van der Waals surface area contributed by atoms with Crippen molar-refractivity contribution in [3.8, 4) is 0 Å². The summed E-state index contributed by atoms with van der Waals surface area (Å²) in [5.41, 5.74) is 0.606. The van der Waals surface area contributed by atoms with Gasteiger partial charge in [-0.25, -0.2) is 8.78 Å². The lowest BCUT2D eigenvalue weighted by Gasteiger charge is -2.25. The monoisotopic (exact) mass is 253 g/mol. The zero-order valence-corrected chi connectivity index (χ0v) is 11.0. The summed E-state index contributed by atoms with van der Waals surface area (Å²) in [4.78, 5) is 0. The van der Waals surface area contributed by atoms with Crippen LogP contribution in [0.25, 0.3) is 0 Å². The van der Waals surface area contributed by atoms with Crippen LogP contribution in [0.15, 0.2) is 18.2 Å². The van der Waals surface area contributed by atoms with Gasteiger partial charge in [-0.1, -0.05) is 19.9 Å². The van der Waals surface area contributed by atoms with Gasteiger partial charge >= 0.3 is 0 Å². The minimum atomic E-state index is -0.508. The van der Waals surface area contributed by atoms with Gasteiger partial charge in [-0.2, -0.15) is 0 Å². The summed E-state index contributed by atoms with van der Waals surface area (Å²) < 4.78 is 26.5. The summed E-state index contributed by atoms with van der Waals surface area (Å²) in [5.74, 6) is 0.388. The van der Waals surface area contributed by atoms with E-state index < -0.39 is 11.6 Å². The first kappa shape index (κ1) is 13.5. The number of nitrogens with one attached hydrogen (secondary N) is 1. The second-order valence-corrected chi connectivity index (χ2v) is 5.30. The quantitative estimate of drug-likeness (QED) is 0.817. The van der Waals surface area contributed by atoms with Crippen LogP contribution in [-0.4, -0.2) is 12.6 Å². The Morgan fingerprint density at radius 3 is 2.61 bits per heavy atom. The Hall–Kier alpha value is -0.960. The second kappa shape index (κ2) is 5.79. The first-order chi connectivity index (χ1) is 8.61. The van der Waals surface area contributed by atoms with Crippen molar-refractivity contribution in [1.82, 2.24) is 5.32 Å². The summed E-state index contributed by atoms with van der Waals surface area (Å²) >= 11 is 0. The van der Waals surface area contributed by atoms with Crippen LogP contribution in [0.1, 0.15) is 32.3 Å². The highest BCUT2D eigenvalue weighted by Crippen LogP contribution is 2.38. The Morgan fingerprint density at radius 1 is 1.33 bits per heavy atom. The predicted molar refractivity (Wildman–Crippen MR) is 69.4 cm³/mol. The number of hydrogen-bond acceptors (Lipinski definition) is 1. The lowest BCUT2D eigenvalue weighted by molar-refractivity contribution is 0.341. The molecule has 1 saturated carbocycles. The van der Waals surface area contributed by atoms with E-state index >= 15 is 0 Å². The lowest BCUT2D eigenvalue weighted by atomic mass is 9.91. The molecule has 0 saturated heterocycles. The van der Waals surface area contributed by atoms with Gasteiger partial charge in [0, 0.05) is 12.1 Å². The molecular formula is C15H21F2N.